The molecule has 0 N–H and O–H groups in total. The summed E-state index contributed by atoms with van der Waals surface area (Å²) in [6.45, 7) is 0. The highest BCUT2D eigenvalue weighted by Gasteiger charge is 2.43. The van der Waals surface area contributed by atoms with E-state index in [-0.39, 0.29) is 18.0 Å². The molecule has 2 saturated carbocycles. The summed E-state index contributed by atoms with van der Waals surface area (Å²) in [5, 5.41) is 0. The van der Waals surface area contributed by atoms with Gasteiger partial charge in [0.05, 0.1) is 5.92 Å². The van der Waals surface area contributed by atoms with Crippen molar-refractivity contribution in [1.82, 2.24) is 0 Å². The van der Waals surface area contributed by atoms with E-state index in [1.165, 1.54) is 57.8 Å². The topological polar surface area (TPSA) is 26.3 Å². The van der Waals surface area contributed by atoms with Crippen LogP contribution in [0.5, 0.6) is 0 Å². The molecule has 2 heteroatoms. The minimum atomic E-state index is 0.0957. The Morgan fingerprint density at radius 2 is 1.50 bits per heavy atom. The molecule has 0 aromatic carbocycles. The quantitative estimate of drug-likeness (QED) is 0.687. The zero-order valence-corrected chi connectivity index (χ0v) is 11.4. The Morgan fingerprint density at radius 1 is 0.889 bits per heavy atom. The molecular weight excluding hydrogens is 224 g/mol. The molecule has 2 atom stereocenters. The summed E-state index contributed by atoms with van der Waals surface area (Å²) >= 11 is 0. The third-order valence-corrected chi connectivity index (χ3v) is 5.42. The highest BCUT2D eigenvalue weighted by atomic mass is 16.6. The van der Waals surface area contributed by atoms with Gasteiger partial charge in [0.25, 0.3) is 0 Å². The highest BCUT2D eigenvalue weighted by molar-refractivity contribution is 5.78. The maximum absolute atomic E-state index is 11.6. The summed E-state index contributed by atoms with van der Waals surface area (Å²) in [7, 11) is 0. The van der Waals surface area contributed by atoms with Gasteiger partial charge in [-0.3, -0.25) is 4.79 Å². The van der Waals surface area contributed by atoms with Crippen molar-refractivity contribution in [3.63, 3.8) is 0 Å². The summed E-state index contributed by atoms with van der Waals surface area (Å²) in [4.78, 5) is 11.6. The van der Waals surface area contributed by atoms with Gasteiger partial charge in [-0.15, -0.1) is 0 Å². The second-order valence-corrected chi connectivity index (χ2v) is 6.70. The Kier molecular flexibility index (Phi) is 3.91. The molecule has 1 saturated heterocycles. The van der Waals surface area contributed by atoms with Crippen LogP contribution in [0, 0.1) is 17.8 Å². The Balaban J connectivity index is 1.42. The lowest BCUT2D eigenvalue weighted by atomic mass is 9.83. The van der Waals surface area contributed by atoms with Gasteiger partial charge in [-0.25, -0.2) is 0 Å². The van der Waals surface area contributed by atoms with Crippen LogP contribution in [-0.2, 0) is 9.53 Å². The lowest BCUT2D eigenvalue weighted by molar-refractivity contribution is -0.187. The molecule has 2 aliphatic carbocycles. The minimum Gasteiger partial charge on any atom is -0.461 e. The van der Waals surface area contributed by atoms with Crippen LogP contribution >= 0.6 is 0 Å². The predicted molar refractivity (Wildman–Crippen MR) is 71.1 cm³/mol. The van der Waals surface area contributed by atoms with Gasteiger partial charge in [0.2, 0.25) is 0 Å². The van der Waals surface area contributed by atoms with Crippen molar-refractivity contribution >= 4 is 5.97 Å². The van der Waals surface area contributed by atoms with E-state index in [0.717, 1.165) is 24.7 Å². The van der Waals surface area contributed by atoms with Crippen LogP contribution < -0.4 is 0 Å². The third kappa shape index (κ3) is 2.73. The van der Waals surface area contributed by atoms with E-state index < -0.39 is 0 Å². The number of hydrogen-bond acceptors (Lipinski definition) is 2. The van der Waals surface area contributed by atoms with Crippen LogP contribution in [0.25, 0.3) is 0 Å². The first-order valence-electron chi connectivity index (χ1n) is 8.03. The molecule has 0 aromatic heterocycles. The standard InChI is InChI=1S/C16H26O2/c17-16-14(11-13-7-3-4-8-13)15(18-16)10-9-12-5-1-2-6-12/h12-15H,1-11H2. The Hall–Kier alpha value is -0.530. The van der Waals surface area contributed by atoms with Crippen LogP contribution in [-0.4, -0.2) is 12.1 Å². The SMILES string of the molecule is O=C1OC(CCC2CCCC2)C1CC1CCCC1. The van der Waals surface area contributed by atoms with E-state index in [2.05, 4.69) is 0 Å². The number of ether oxygens (including phenoxy) is 1. The minimum absolute atomic E-state index is 0.0957. The molecule has 0 spiro atoms. The second-order valence-electron chi connectivity index (χ2n) is 6.70. The number of hydrogen-bond donors (Lipinski definition) is 0. The largest absolute Gasteiger partial charge is 0.461 e. The van der Waals surface area contributed by atoms with Crippen LogP contribution in [0.15, 0.2) is 0 Å². The molecule has 1 heterocycles. The second kappa shape index (κ2) is 5.63. The molecule has 0 amide bonds. The number of rotatable bonds is 5. The van der Waals surface area contributed by atoms with E-state index >= 15 is 0 Å². The lowest BCUT2D eigenvalue weighted by Crippen LogP contribution is -2.46. The molecule has 0 radical (unpaired) electrons. The first-order valence-corrected chi connectivity index (χ1v) is 8.03. The van der Waals surface area contributed by atoms with Gasteiger partial charge in [0.15, 0.2) is 0 Å². The normalized spacial score (nSPS) is 33.7. The van der Waals surface area contributed by atoms with Gasteiger partial charge in [-0.1, -0.05) is 51.4 Å². The average Bonchev–Trinajstić information content (AvgIpc) is 3.04. The van der Waals surface area contributed by atoms with Gasteiger partial charge in [-0.05, 0) is 31.1 Å². The van der Waals surface area contributed by atoms with Crippen molar-refractivity contribution in [2.75, 3.05) is 0 Å². The molecule has 1 aliphatic heterocycles. The molecule has 3 aliphatic rings. The number of carbonyl (C=O) groups is 1. The van der Waals surface area contributed by atoms with Gasteiger partial charge in [0, 0.05) is 0 Å². The van der Waals surface area contributed by atoms with E-state index in [9.17, 15) is 4.79 Å². The van der Waals surface area contributed by atoms with Crippen LogP contribution in [0.4, 0.5) is 0 Å². The Labute approximate surface area is 110 Å². The summed E-state index contributed by atoms with van der Waals surface area (Å²) in [5.41, 5.74) is 0. The van der Waals surface area contributed by atoms with E-state index in [4.69, 9.17) is 4.74 Å². The number of cyclic esters (lactones) is 1. The predicted octanol–water partition coefficient (Wildman–Crippen LogP) is 4.08. The number of esters is 1. The van der Waals surface area contributed by atoms with Crippen LogP contribution in [0.2, 0.25) is 0 Å². The summed E-state index contributed by atoms with van der Waals surface area (Å²) in [6, 6.07) is 0. The molecular formula is C16H26O2. The fraction of sp³-hybridized carbons (Fsp3) is 0.938. The van der Waals surface area contributed by atoms with Crippen molar-refractivity contribution in [2.45, 2.75) is 76.7 Å². The van der Waals surface area contributed by atoms with Gasteiger partial charge in [-0.2, -0.15) is 0 Å². The van der Waals surface area contributed by atoms with Crippen molar-refractivity contribution < 1.29 is 9.53 Å². The molecule has 0 aromatic rings. The molecule has 2 nitrogen and oxygen atoms in total. The maximum atomic E-state index is 11.6. The molecule has 18 heavy (non-hydrogen) atoms. The van der Waals surface area contributed by atoms with Gasteiger partial charge >= 0.3 is 5.97 Å². The zero-order valence-electron chi connectivity index (χ0n) is 11.4. The van der Waals surface area contributed by atoms with E-state index in [1.54, 1.807) is 0 Å². The first-order chi connectivity index (χ1) is 8.83. The lowest BCUT2D eigenvalue weighted by Gasteiger charge is -2.37. The maximum Gasteiger partial charge on any atom is 0.313 e. The number of carbonyl (C=O) groups excluding carboxylic acids is 1. The van der Waals surface area contributed by atoms with Gasteiger partial charge < -0.3 is 4.74 Å². The highest BCUT2D eigenvalue weighted by Crippen LogP contribution is 2.39. The molecule has 0 bridgehead atoms. The Bertz CT molecular complexity index is 287. The van der Waals surface area contributed by atoms with Crippen molar-refractivity contribution in [1.29, 1.82) is 0 Å². The summed E-state index contributed by atoms with van der Waals surface area (Å²) in [6.07, 6.45) is 14.9. The monoisotopic (exact) mass is 250 g/mol. The fourth-order valence-corrected chi connectivity index (χ4v) is 4.21. The van der Waals surface area contributed by atoms with E-state index in [1.807, 2.05) is 0 Å². The van der Waals surface area contributed by atoms with Crippen LogP contribution in [0.1, 0.15) is 70.6 Å². The Morgan fingerprint density at radius 3 is 2.11 bits per heavy atom. The van der Waals surface area contributed by atoms with Crippen LogP contribution in [0.3, 0.4) is 0 Å². The molecule has 3 rings (SSSR count). The zero-order chi connectivity index (χ0) is 12.4. The van der Waals surface area contributed by atoms with Crippen molar-refractivity contribution in [2.24, 2.45) is 17.8 Å². The van der Waals surface area contributed by atoms with Crippen molar-refractivity contribution in [3.05, 3.63) is 0 Å². The fourth-order valence-electron chi connectivity index (χ4n) is 4.21. The summed E-state index contributed by atoms with van der Waals surface area (Å²) in [5.74, 6) is 2.10. The first kappa shape index (κ1) is 12.5. The third-order valence-electron chi connectivity index (χ3n) is 5.42. The van der Waals surface area contributed by atoms with Crippen molar-refractivity contribution in [3.8, 4) is 0 Å². The molecule has 102 valence electrons. The molecule has 2 unspecified atom stereocenters. The van der Waals surface area contributed by atoms with E-state index in [0.29, 0.717) is 0 Å². The average molecular weight is 250 g/mol. The smallest absolute Gasteiger partial charge is 0.313 e. The van der Waals surface area contributed by atoms with Gasteiger partial charge in [0.1, 0.15) is 6.10 Å². The molecule has 3 fully saturated rings. The summed E-state index contributed by atoms with van der Waals surface area (Å²) < 4.78 is 5.38.